The van der Waals surface area contributed by atoms with E-state index >= 15 is 0 Å². The second kappa shape index (κ2) is 15.2. The summed E-state index contributed by atoms with van der Waals surface area (Å²) in [5.74, 6) is 0. The Labute approximate surface area is 377 Å². The zero-order valence-corrected chi connectivity index (χ0v) is 36.1. The van der Waals surface area contributed by atoms with Gasteiger partial charge in [0.1, 0.15) is 0 Å². The Bertz CT molecular complexity index is 3380. The van der Waals surface area contributed by atoms with Crippen LogP contribution in [0.3, 0.4) is 0 Å². The molecule has 0 saturated carbocycles. The number of rotatable bonds is 0. The third kappa shape index (κ3) is 6.27. The highest BCUT2D eigenvalue weighted by molar-refractivity contribution is 5.88. The van der Waals surface area contributed by atoms with Crippen LogP contribution in [0.2, 0.25) is 0 Å². The summed E-state index contributed by atoms with van der Waals surface area (Å²) in [7, 11) is 0. The SMILES string of the molecule is C1=Cc2c(ccc3c2-c2ccccc2C3)C1.C1=Cc2cc3c(cc2C1)-c1ccccc1C3.C1=Cc2cc3c(cc2C1)Cc1ccccc1-3.C1=Cc2ccc3c(c2C1)-c1ccccc1C3. The molecule has 0 N–H and O–H groups in total. The summed E-state index contributed by atoms with van der Waals surface area (Å²) in [6, 6.07) is 53.8. The van der Waals surface area contributed by atoms with E-state index in [1.54, 1.807) is 0 Å². The lowest BCUT2D eigenvalue weighted by Crippen LogP contribution is -1.89. The van der Waals surface area contributed by atoms with E-state index < -0.39 is 0 Å². The minimum Gasteiger partial charge on any atom is -0.0795 e. The van der Waals surface area contributed by atoms with Crippen LogP contribution in [-0.4, -0.2) is 0 Å². The molecular formula is C64H48. The lowest BCUT2D eigenvalue weighted by molar-refractivity contribution is 1.22. The summed E-state index contributed by atoms with van der Waals surface area (Å²) >= 11 is 0. The fraction of sp³-hybridized carbons (Fsp3) is 0.125. The number of hydrogen-bond donors (Lipinski definition) is 0. The number of hydrogen-bond acceptors (Lipinski definition) is 0. The molecule has 0 nitrogen and oxygen atoms in total. The molecule has 0 saturated heterocycles. The van der Waals surface area contributed by atoms with E-state index in [2.05, 4.69) is 194 Å². The van der Waals surface area contributed by atoms with Crippen LogP contribution in [0.1, 0.15) is 89.0 Å². The number of benzene rings is 8. The molecule has 0 amide bonds. The monoisotopic (exact) mass is 816 g/mol. The van der Waals surface area contributed by atoms with Crippen molar-refractivity contribution in [1.29, 1.82) is 0 Å². The van der Waals surface area contributed by atoms with E-state index in [-0.39, 0.29) is 0 Å². The first kappa shape index (κ1) is 37.3. The molecule has 0 heteroatoms. The molecule has 64 heavy (non-hydrogen) atoms. The van der Waals surface area contributed by atoms with Crippen LogP contribution in [0.15, 0.2) is 170 Å². The predicted molar refractivity (Wildman–Crippen MR) is 270 cm³/mol. The van der Waals surface area contributed by atoms with Gasteiger partial charge in [-0.25, -0.2) is 0 Å². The third-order valence-electron chi connectivity index (χ3n) is 14.8. The van der Waals surface area contributed by atoms with E-state index in [0.29, 0.717) is 0 Å². The van der Waals surface area contributed by atoms with Crippen molar-refractivity contribution in [2.24, 2.45) is 0 Å². The maximum absolute atomic E-state index is 2.39. The lowest BCUT2D eigenvalue weighted by Gasteiger charge is -2.08. The second-order valence-corrected chi connectivity index (χ2v) is 18.5. The first-order valence-electron chi connectivity index (χ1n) is 23.3. The van der Waals surface area contributed by atoms with E-state index in [1.807, 2.05) is 0 Å². The summed E-state index contributed by atoms with van der Waals surface area (Å²) in [5, 5.41) is 0. The zero-order valence-electron chi connectivity index (χ0n) is 36.1. The van der Waals surface area contributed by atoms with Gasteiger partial charge in [-0.3, -0.25) is 0 Å². The molecule has 16 rings (SSSR count). The van der Waals surface area contributed by atoms with Crippen LogP contribution >= 0.6 is 0 Å². The molecule has 0 heterocycles. The summed E-state index contributed by atoms with van der Waals surface area (Å²) in [6.07, 6.45) is 26.9. The quantitative estimate of drug-likeness (QED) is 0.143. The minimum atomic E-state index is 1.10. The van der Waals surface area contributed by atoms with Crippen molar-refractivity contribution in [3.63, 3.8) is 0 Å². The first-order chi connectivity index (χ1) is 31.7. The van der Waals surface area contributed by atoms with Gasteiger partial charge in [-0.1, -0.05) is 182 Å². The van der Waals surface area contributed by atoms with E-state index in [0.717, 1.165) is 51.4 Å². The molecule has 0 unspecified atom stereocenters. The van der Waals surface area contributed by atoms with Crippen molar-refractivity contribution in [3.05, 3.63) is 259 Å². The first-order valence-corrected chi connectivity index (χ1v) is 23.3. The fourth-order valence-electron chi connectivity index (χ4n) is 11.8. The van der Waals surface area contributed by atoms with Crippen molar-refractivity contribution in [2.45, 2.75) is 51.4 Å². The Morgan fingerprint density at radius 3 is 1.41 bits per heavy atom. The Kier molecular flexibility index (Phi) is 8.86. The Balaban J connectivity index is 0.0000000860. The molecule has 8 aliphatic rings. The van der Waals surface area contributed by atoms with Gasteiger partial charge in [0.15, 0.2) is 0 Å². The maximum atomic E-state index is 2.39. The van der Waals surface area contributed by atoms with Crippen molar-refractivity contribution in [3.8, 4) is 44.5 Å². The average molecular weight is 817 g/mol. The van der Waals surface area contributed by atoms with Gasteiger partial charge in [-0.05, 0) is 197 Å². The molecule has 0 aromatic heterocycles. The molecule has 8 aromatic rings. The third-order valence-corrected chi connectivity index (χ3v) is 14.8. The molecule has 0 bridgehead atoms. The maximum Gasteiger partial charge on any atom is -0.00132 e. The zero-order chi connectivity index (χ0) is 42.1. The van der Waals surface area contributed by atoms with Gasteiger partial charge in [0.25, 0.3) is 0 Å². The topological polar surface area (TPSA) is 0 Å². The van der Waals surface area contributed by atoms with Gasteiger partial charge in [-0.15, -0.1) is 0 Å². The van der Waals surface area contributed by atoms with Gasteiger partial charge < -0.3 is 0 Å². The summed E-state index contributed by atoms with van der Waals surface area (Å²) in [5.41, 5.74) is 35.3. The lowest BCUT2D eigenvalue weighted by atomic mass is 9.96. The highest BCUT2D eigenvalue weighted by Crippen LogP contribution is 2.44. The second-order valence-electron chi connectivity index (χ2n) is 18.5. The Hall–Kier alpha value is -7.28. The van der Waals surface area contributed by atoms with Crippen LogP contribution in [0, 0.1) is 0 Å². The van der Waals surface area contributed by atoms with E-state index in [1.165, 1.54) is 134 Å². The molecule has 0 spiro atoms. The molecular weight excluding hydrogens is 769 g/mol. The molecule has 0 atom stereocenters. The van der Waals surface area contributed by atoms with Crippen molar-refractivity contribution < 1.29 is 0 Å². The molecule has 8 aromatic carbocycles. The predicted octanol–water partition coefficient (Wildman–Crippen LogP) is 15.3. The summed E-state index contributed by atoms with van der Waals surface area (Å²) in [4.78, 5) is 0. The standard InChI is InChI=1S/4C16H12/c2*1-2-7-15-13(4-1)9-14-8-11-5-3-6-12(11)10-16(14)15;2*1-2-6-15-12(4-1)10-13-9-8-11-5-3-7-14(11)16(13)15/h1-4,6-8,10H,5,9H2;1-5,7-8,10H,6,9H2;1-4,6-9H,5,10H2;1-6,8-9H,7,10H2. The van der Waals surface area contributed by atoms with Crippen LogP contribution in [-0.2, 0) is 51.4 Å². The summed E-state index contributed by atoms with van der Waals surface area (Å²) < 4.78 is 0. The smallest absolute Gasteiger partial charge is 0.00132 e. The van der Waals surface area contributed by atoms with Crippen molar-refractivity contribution in [1.82, 2.24) is 0 Å². The van der Waals surface area contributed by atoms with Crippen LogP contribution < -0.4 is 0 Å². The van der Waals surface area contributed by atoms with Crippen LogP contribution in [0.25, 0.3) is 68.8 Å². The highest BCUT2D eigenvalue weighted by Gasteiger charge is 2.25. The molecule has 8 aliphatic carbocycles. The van der Waals surface area contributed by atoms with Crippen LogP contribution in [0.4, 0.5) is 0 Å². The van der Waals surface area contributed by atoms with E-state index in [9.17, 15) is 0 Å². The van der Waals surface area contributed by atoms with Gasteiger partial charge in [-0.2, -0.15) is 0 Å². The largest absolute Gasteiger partial charge is 0.0795 e. The fourth-order valence-corrected chi connectivity index (χ4v) is 11.8. The molecule has 0 radical (unpaired) electrons. The summed E-state index contributed by atoms with van der Waals surface area (Å²) in [6.45, 7) is 0. The van der Waals surface area contributed by atoms with Crippen molar-refractivity contribution >= 4 is 24.3 Å². The van der Waals surface area contributed by atoms with E-state index in [4.69, 9.17) is 0 Å². The van der Waals surface area contributed by atoms with Gasteiger partial charge in [0.2, 0.25) is 0 Å². The Morgan fingerprint density at radius 2 is 0.703 bits per heavy atom. The molecule has 304 valence electrons. The highest BCUT2D eigenvalue weighted by atomic mass is 14.3. The number of fused-ring (bicyclic) bond motifs is 18. The normalized spacial score (nSPS) is 14.8. The average Bonchev–Trinajstić information content (AvgIpc) is 4.19. The number of allylic oxidation sites excluding steroid dienone is 4. The molecule has 0 aliphatic heterocycles. The van der Waals surface area contributed by atoms with Gasteiger partial charge >= 0.3 is 0 Å². The van der Waals surface area contributed by atoms with Gasteiger partial charge in [0.05, 0.1) is 0 Å². The Morgan fingerprint density at radius 1 is 0.250 bits per heavy atom. The minimum absolute atomic E-state index is 1.10. The van der Waals surface area contributed by atoms with Crippen LogP contribution in [0.5, 0.6) is 0 Å². The van der Waals surface area contributed by atoms with Gasteiger partial charge in [0, 0.05) is 0 Å². The van der Waals surface area contributed by atoms with Crippen molar-refractivity contribution in [2.75, 3.05) is 0 Å². The molecule has 0 fully saturated rings.